The van der Waals surface area contributed by atoms with E-state index in [0.717, 1.165) is 18.2 Å². The van der Waals surface area contributed by atoms with Crippen LogP contribution in [0.25, 0.3) is 0 Å². The Morgan fingerprint density at radius 2 is 1.60 bits per heavy atom. The summed E-state index contributed by atoms with van der Waals surface area (Å²) in [4.78, 5) is 14.9. The van der Waals surface area contributed by atoms with Crippen molar-refractivity contribution < 1.29 is 21.6 Å². The molecule has 2 aliphatic heterocycles. The van der Waals surface area contributed by atoms with E-state index in [-0.39, 0.29) is 16.2 Å². The smallest absolute Gasteiger partial charge is 0.258 e. The van der Waals surface area contributed by atoms with Gasteiger partial charge in [0.2, 0.25) is 10.0 Å². The van der Waals surface area contributed by atoms with Gasteiger partial charge in [0.05, 0.1) is 16.7 Å². The van der Waals surface area contributed by atoms with Crippen molar-refractivity contribution in [1.82, 2.24) is 4.31 Å². The minimum Gasteiger partial charge on any atom is -0.300 e. The van der Waals surface area contributed by atoms with Crippen LogP contribution in [0.2, 0.25) is 0 Å². The van der Waals surface area contributed by atoms with Gasteiger partial charge in [-0.25, -0.2) is 16.8 Å². The molecule has 1 saturated heterocycles. The van der Waals surface area contributed by atoms with Crippen LogP contribution in [-0.2, 0) is 19.9 Å². The van der Waals surface area contributed by atoms with Gasteiger partial charge in [-0.1, -0.05) is 18.2 Å². The van der Waals surface area contributed by atoms with Gasteiger partial charge in [0.1, 0.15) is 0 Å². The quantitative estimate of drug-likeness (QED) is 0.703. The van der Waals surface area contributed by atoms with E-state index in [2.05, 4.69) is 0 Å². The van der Waals surface area contributed by atoms with E-state index in [1.807, 2.05) is 6.07 Å². The van der Waals surface area contributed by atoms with Gasteiger partial charge in [0, 0.05) is 29.7 Å². The lowest BCUT2D eigenvalue weighted by atomic mass is 10.1. The maximum absolute atomic E-state index is 13.3. The molecule has 2 heterocycles. The summed E-state index contributed by atoms with van der Waals surface area (Å²) in [5, 5.41) is 1.13. The van der Waals surface area contributed by atoms with Crippen LogP contribution in [0, 0.1) is 0 Å². The Kier molecular flexibility index (Phi) is 5.52. The fraction of sp³-hybridized carbons (Fsp3) is 0.286. The van der Waals surface area contributed by atoms with Gasteiger partial charge in [0.25, 0.3) is 5.91 Å². The fourth-order valence-electron chi connectivity index (χ4n) is 3.75. The number of carbonyl (C=O) groups is 1. The Balaban J connectivity index is 1.64. The van der Waals surface area contributed by atoms with Crippen LogP contribution in [-0.4, -0.2) is 51.9 Å². The van der Waals surface area contributed by atoms with E-state index >= 15 is 0 Å². The van der Waals surface area contributed by atoms with Gasteiger partial charge >= 0.3 is 0 Å². The topological polar surface area (TPSA) is 91.8 Å². The molecule has 7 nitrogen and oxygen atoms in total. The lowest BCUT2D eigenvalue weighted by Crippen LogP contribution is -2.41. The first-order valence-electron chi connectivity index (χ1n) is 9.68. The third-order valence-corrected chi connectivity index (χ3v) is 8.59. The minimum absolute atomic E-state index is 0.149. The number of rotatable bonds is 5. The molecule has 30 heavy (non-hydrogen) atoms. The molecule has 1 fully saturated rings. The first kappa shape index (κ1) is 20.8. The molecule has 2 aliphatic rings. The molecule has 158 valence electrons. The van der Waals surface area contributed by atoms with Crippen LogP contribution in [0.1, 0.15) is 23.2 Å². The monoisotopic (exact) mass is 446 g/mol. The molecule has 1 amide bonds. The molecule has 0 spiro atoms. The van der Waals surface area contributed by atoms with Crippen molar-refractivity contribution in [3.63, 3.8) is 0 Å². The van der Waals surface area contributed by atoms with E-state index in [4.69, 9.17) is 0 Å². The van der Waals surface area contributed by atoms with E-state index in [0.29, 0.717) is 18.8 Å². The molecule has 2 aromatic carbocycles. The first-order chi connectivity index (χ1) is 14.3. The van der Waals surface area contributed by atoms with Crippen LogP contribution < -0.4 is 4.90 Å². The third kappa shape index (κ3) is 4.05. The fourth-order valence-corrected chi connectivity index (χ4v) is 6.54. The maximum Gasteiger partial charge on any atom is 0.258 e. The van der Waals surface area contributed by atoms with Crippen molar-refractivity contribution in [2.24, 2.45) is 0 Å². The Labute approximate surface area is 176 Å². The molecule has 0 bridgehead atoms. The largest absolute Gasteiger partial charge is 0.300 e. The molecular formula is C21H22N2O5S2. The number of hydrogen-bond donors (Lipinski definition) is 0. The van der Waals surface area contributed by atoms with Crippen molar-refractivity contribution in [2.45, 2.75) is 23.8 Å². The third-order valence-electron chi connectivity index (χ3n) is 5.30. The average Bonchev–Trinajstić information content (AvgIpc) is 3.39. The normalized spacial score (nSPS) is 21.0. The predicted molar refractivity (Wildman–Crippen MR) is 114 cm³/mol. The van der Waals surface area contributed by atoms with Crippen LogP contribution >= 0.6 is 0 Å². The molecule has 0 saturated carbocycles. The molecule has 0 radical (unpaired) electrons. The first-order valence-corrected chi connectivity index (χ1v) is 12.8. The minimum atomic E-state index is -3.57. The van der Waals surface area contributed by atoms with Crippen LogP contribution in [0.15, 0.2) is 71.0 Å². The summed E-state index contributed by atoms with van der Waals surface area (Å²) < 4.78 is 50.7. The van der Waals surface area contributed by atoms with Crippen LogP contribution in [0.3, 0.4) is 0 Å². The number of nitrogens with zero attached hydrogens (tertiary/aromatic N) is 2. The summed E-state index contributed by atoms with van der Waals surface area (Å²) in [6, 6.07) is 14.0. The van der Waals surface area contributed by atoms with Crippen molar-refractivity contribution in [1.29, 1.82) is 0 Å². The second-order valence-corrected chi connectivity index (χ2v) is 11.2. The van der Waals surface area contributed by atoms with Gasteiger partial charge in [-0.15, -0.1) is 0 Å². The molecule has 4 rings (SSSR count). The number of sulfone groups is 1. The molecule has 0 aliphatic carbocycles. The second-order valence-electron chi connectivity index (χ2n) is 7.37. The van der Waals surface area contributed by atoms with Crippen LogP contribution in [0.4, 0.5) is 5.69 Å². The lowest BCUT2D eigenvalue weighted by Gasteiger charge is -2.28. The summed E-state index contributed by atoms with van der Waals surface area (Å²) in [5.41, 5.74) is 0.861. The molecule has 0 aromatic heterocycles. The number of carbonyl (C=O) groups excluding carboxylic acids is 1. The summed E-state index contributed by atoms with van der Waals surface area (Å²) in [5.74, 6) is -0.576. The van der Waals surface area contributed by atoms with E-state index in [1.165, 1.54) is 39.5 Å². The standard InChI is InChI=1S/C21H22N2O5S2/c24-21(17-8-10-20(11-9-17)30(27,28)22-13-4-5-14-22)23(18-6-2-1-3-7-18)19-12-15-29(25,26)16-19/h1-3,6-12,15,19H,4-5,13-14,16H2/t19-/m1/s1. The molecule has 2 aromatic rings. The van der Waals surface area contributed by atoms with Gasteiger partial charge in [-0.2, -0.15) is 4.31 Å². The van der Waals surface area contributed by atoms with E-state index < -0.39 is 31.8 Å². The Bertz CT molecular complexity index is 1170. The van der Waals surface area contributed by atoms with Crippen molar-refractivity contribution in [3.05, 3.63) is 71.6 Å². The Morgan fingerprint density at radius 3 is 2.17 bits per heavy atom. The van der Waals surface area contributed by atoms with Crippen molar-refractivity contribution in [3.8, 4) is 0 Å². The SMILES string of the molecule is O=C(c1ccc(S(=O)(=O)N2CCCC2)cc1)N(c1ccccc1)[C@@H]1C=CS(=O)(=O)C1. The highest BCUT2D eigenvalue weighted by molar-refractivity contribution is 7.94. The summed E-state index contributed by atoms with van der Waals surface area (Å²) in [7, 11) is -6.93. The average molecular weight is 447 g/mol. The Morgan fingerprint density at radius 1 is 0.967 bits per heavy atom. The molecule has 9 heteroatoms. The number of anilines is 1. The van der Waals surface area contributed by atoms with Gasteiger partial charge < -0.3 is 4.90 Å². The van der Waals surface area contributed by atoms with Gasteiger partial charge in [-0.3, -0.25) is 4.79 Å². The zero-order valence-corrected chi connectivity index (χ0v) is 17.8. The number of sulfonamides is 1. The maximum atomic E-state index is 13.3. The highest BCUT2D eigenvalue weighted by atomic mass is 32.2. The predicted octanol–water partition coefficient (Wildman–Crippen LogP) is 2.43. The molecule has 0 N–H and O–H groups in total. The summed E-state index contributed by atoms with van der Waals surface area (Å²) in [6.45, 7) is 1.01. The van der Waals surface area contributed by atoms with E-state index in [1.54, 1.807) is 24.3 Å². The zero-order chi connectivity index (χ0) is 21.4. The van der Waals surface area contributed by atoms with Crippen LogP contribution in [0.5, 0.6) is 0 Å². The molecule has 1 atom stereocenters. The number of hydrogen-bond acceptors (Lipinski definition) is 5. The molecule has 0 unspecified atom stereocenters. The number of para-hydroxylation sites is 1. The Hall–Kier alpha value is -2.49. The van der Waals surface area contributed by atoms with Crippen molar-refractivity contribution >= 4 is 31.5 Å². The van der Waals surface area contributed by atoms with Gasteiger partial charge in [0.15, 0.2) is 9.84 Å². The summed E-state index contributed by atoms with van der Waals surface area (Å²) >= 11 is 0. The van der Waals surface area contributed by atoms with E-state index in [9.17, 15) is 21.6 Å². The highest BCUT2D eigenvalue weighted by Gasteiger charge is 2.32. The number of amides is 1. The lowest BCUT2D eigenvalue weighted by molar-refractivity contribution is 0.0983. The zero-order valence-electron chi connectivity index (χ0n) is 16.2. The van der Waals surface area contributed by atoms with Gasteiger partial charge in [-0.05, 0) is 55.3 Å². The second kappa shape index (κ2) is 7.98. The molecular weight excluding hydrogens is 424 g/mol. The van der Waals surface area contributed by atoms with Crippen molar-refractivity contribution in [2.75, 3.05) is 23.7 Å². The number of benzene rings is 2. The highest BCUT2D eigenvalue weighted by Crippen LogP contribution is 2.26. The summed E-state index contributed by atoms with van der Waals surface area (Å²) in [6.07, 6.45) is 3.20.